The highest BCUT2D eigenvalue weighted by molar-refractivity contribution is 5.90. The van der Waals surface area contributed by atoms with Crippen LogP contribution in [0.2, 0.25) is 0 Å². The maximum absolute atomic E-state index is 13.1. The Morgan fingerprint density at radius 2 is 1.93 bits per heavy atom. The molecule has 1 saturated carbocycles. The molecule has 2 aromatic carbocycles. The lowest BCUT2D eigenvalue weighted by Gasteiger charge is -2.38. The van der Waals surface area contributed by atoms with Crippen molar-refractivity contribution in [1.82, 2.24) is 5.32 Å². The molecular weight excluding hydrogens is 713 g/mol. The molecule has 2 bridgehead atoms. The van der Waals surface area contributed by atoms with E-state index in [4.69, 9.17) is 20.2 Å². The lowest BCUT2D eigenvalue weighted by atomic mass is 9.71. The van der Waals surface area contributed by atoms with Crippen LogP contribution in [0.3, 0.4) is 0 Å². The van der Waals surface area contributed by atoms with E-state index in [9.17, 15) is 15.0 Å². The number of nitrogens with one attached hydrogen (secondary N) is 2. The Labute approximate surface area is 334 Å². The lowest BCUT2D eigenvalue weighted by molar-refractivity contribution is -0.891. The van der Waals surface area contributed by atoms with Gasteiger partial charge in [0, 0.05) is 48.9 Å². The van der Waals surface area contributed by atoms with Crippen molar-refractivity contribution >= 4 is 12.0 Å². The summed E-state index contributed by atoms with van der Waals surface area (Å²) in [5.74, 6) is 11.9. The van der Waals surface area contributed by atoms with E-state index in [1.165, 1.54) is 11.1 Å². The molecule has 8 aliphatic rings. The summed E-state index contributed by atoms with van der Waals surface area (Å²) in [5.41, 5.74) is 14.5. The third kappa shape index (κ3) is 6.51. The van der Waals surface area contributed by atoms with Crippen LogP contribution in [0.4, 0.5) is 0 Å². The predicted octanol–water partition coefficient (Wildman–Crippen LogP) is 4.95. The average Bonchev–Trinajstić information content (AvgIpc) is 3.96. The number of ketones is 1. The molecule has 57 heavy (non-hydrogen) atoms. The molecule has 9 heteroatoms. The number of aliphatic hydroxyl groups excluding tert-OH is 2. The molecule has 1 fully saturated rings. The minimum Gasteiger partial charge on any atom is -0.437 e. The van der Waals surface area contributed by atoms with Gasteiger partial charge in [-0.2, -0.15) is 0 Å². The Kier molecular flexibility index (Phi) is 9.36. The summed E-state index contributed by atoms with van der Waals surface area (Å²) < 4.78 is 13.4. The summed E-state index contributed by atoms with van der Waals surface area (Å²) in [6.45, 7) is 3.59. The van der Waals surface area contributed by atoms with E-state index in [0.29, 0.717) is 36.8 Å². The van der Waals surface area contributed by atoms with Crippen LogP contribution in [0.25, 0.3) is 0 Å². The van der Waals surface area contributed by atoms with Crippen LogP contribution in [-0.2, 0) is 11.2 Å². The number of Topliss-reactive ketones (excluding diaryl/α,β-unsaturated/α-hetero) is 1. The van der Waals surface area contributed by atoms with Gasteiger partial charge in [-0.05, 0) is 83.5 Å². The van der Waals surface area contributed by atoms with Gasteiger partial charge in [0.1, 0.15) is 42.4 Å². The summed E-state index contributed by atoms with van der Waals surface area (Å²) >= 11 is 0. The summed E-state index contributed by atoms with van der Waals surface area (Å²) in [6.07, 6.45) is 20.3. The lowest BCUT2D eigenvalue weighted by Crippen LogP contribution is -3.12. The Morgan fingerprint density at radius 1 is 1.07 bits per heavy atom. The fraction of sp³-hybridized carbons (Fsp3) is 0.458. The monoisotopic (exact) mass is 763 g/mol. The van der Waals surface area contributed by atoms with Gasteiger partial charge < -0.3 is 25.4 Å². The second kappa shape index (κ2) is 14.6. The van der Waals surface area contributed by atoms with E-state index >= 15 is 0 Å². The first-order chi connectivity index (χ1) is 27.7. The van der Waals surface area contributed by atoms with Crippen LogP contribution < -0.4 is 25.4 Å². The predicted molar refractivity (Wildman–Crippen MR) is 217 cm³/mol. The maximum Gasteiger partial charge on any atom is 0.252 e. The zero-order chi connectivity index (χ0) is 38.8. The van der Waals surface area contributed by atoms with Crippen molar-refractivity contribution in [3.8, 4) is 35.4 Å². The number of aliphatic hydroxyl groups is 2. The van der Waals surface area contributed by atoms with Crippen LogP contribution in [0.5, 0.6) is 11.5 Å². The zero-order valence-electron chi connectivity index (χ0n) is 32.5. The third-order valence-electron chi connectivity index (χ3n) is 13.9. The fourth-order valence-electron chi connectivity index (χ4n) is 10.7. The van der Waals surface area contributed by atoms with Crippen molar-refractivity contribution in [2.45, 2.75) is 101 Å². The number of quaternary nitrogens is 1. The zero-order valence-corrected chi connectivity index (χ0v) is 32.5. The highest BCUT2D eigenvalue weighted by Gasteiger charge is 2.51. The molecule has 3 aliphatic carbocycles. The minimum atomic E-state index is -1.03. The number of rotatable bonds is 6. The van der Waals surface area contributed by atoms with Gasteiger partial charge in [0.25, 0.3) is 6.23 Å². The second-order valence-corrected chi connectivity index (χ2v) is 17.5. The van der Waals surface area contributed by atoms with Crippen molar-refractivity contribution in [3.05, 3.63) is 105 Å². The van der Waals surface area contributed by atoms with E-state index < -0.39 is 23.9 Å². The first-order valence-corrected chi connectivity index (χ1v) is 21.0. The number of fused-ring (bicyclic) bond motifs is 6. The molecule has 10 atom stereocenters. The second-order valence-electron chi connectivity index (χ2n) is 17.5. The molecule has 0 saturated heterocycles. The van der Waals surface area contributed by atoms with Gasteiger partial charge in [-0.3, -0.25) is 20.0 Å². The summed E-state index contributed by atoms with van der Waals surface area (Å²) in [6, 6.07) is 9.91. The first kappa shape index (κ1) is 36.6. The molecule has 5 heterocycles. The van der Waals surface area contributed by atoms with Gasteiger partial charge in [0.15, 0.2) is 11.5 Å². The number of hydrogen-bond acceptors (Lipinski definition) is 8. The molecule has 10 unspecified atom stereocenters. The average molecular weight is 764 g/mol. The van der Waals surface area contributed by atoms with Crippen molar-refractivity contribution in [2.24, 2.45) is 33.9 Å². The number of ether oxygens (including phenoxy) is 2. The van der Waals surface area contributed by atoms with Gasteiger partial charge in [0.2, 0.25) is 0 Å². The van der Waals surface area contributed by atoms with Crippen LogP contribution in [-0.4, -0.2) is 47.6 Å². The van der Waals surface area contributed by atoms with Gasteiger partial charge in [0.05, 0.1) is 17.7 Å². The molecule has 5 aliphatic heterocycles. The number of carbonyl (C=O) groups excluding carboxylic acids is 1. The Hall–Kier alpha value is -4.74. The number of nitrogens with zero attached hydrogens (tertiary/aromatic N) is 1. The van der Waals surface area contributed by atoms with Gasteiger partial charge >= 0.3 is 0 Å². The van der Waals surface area contributed by atoms with E-state index in [-0.39, 0.29) is 42.0 Å². The number of aryl methyl sites for hydroxylation is 1. The highest BCUT2D eigenvalue weighted by atomic mass is 16.5. The van der Waals surface area contributed by atoms with E-state index in [0.717, 1.165) is 83.5 Å². The highest BCUT2D eigenvalue weighted by Crippen LogP contribution is 2.49. The molecule has 1 spiro atoms. The summed E-state index contributed by atoms with van der Waals surface area (Å²) in [5, 5.41) is 26.4. The topological polar surface area (TPSA) is 131 Å². The quantitative estimate of drug-likeness (QED) is 0.208. The molecule has 0 amide bonds. The van der Waals surface area contributed by atoms with Crippen molar-refractivity contribution in [1.29, 1.82) is 0 Å². The molecule has 6 N–H and O–H groups in total. The van der Waals surface area contributed by atoms with Crippen molar-refractivity contribution < 1.29 is 29.4 Å². The molecule has 10 rings (SSSR count). The van der Waals surface area contributed by atoms with Gasteiger partial charge in [-0.1, -0.05) is 80.0 Å². The molecule has 0 radical (unpaired) electrons. The molecular formula is C48H51N4O5+. The van der Waals surface area contributed by atoms with Crippen molar-refractivity contribution in [3.63, 3.8) is 0 Å². The third-order valence-corrected chi connectivity index (χ3v) is 13.9. The Bertz CT molecular complexity index is 2290. The normalized spacial score (nSPS) is 32.6. The number of nitrogens with two attached hydrogens (primary N) is 1. The van der Waals surface area contributed by atoms with Crippen LogP contribution in [0.15, 0.2) is 82.7 Å². The fourth-order valence-corrected chi connectivity index (χ4v) is 10.7. The molecule has 2 aromatic rings. The summed E-state index contributed by atoms with van der Waals surface area (Å²) in [7, 11) is 0. The first-order valence-electron chi connectivity index (χ1n) is 21.0. The van der Waals surface area contributed by atoms with E-state index in [2.05, 4.69) is 72.7 Å². The molecule has 0 aromatic heterocycles. The number of allylic oxidation sites excluding steroid dienone is 3. The van der Waals surface area contributed by atoms with Gasteiger partial charge in [-0.15, -0.1) is 0 Å². The number of hydrogen-bond donors (Lipinski definition) is 5. The van der Waals surface area contributed by atoms with E-state index in [1.54, 1.807) is 0 Å². The van der Waals surface area contributed by atoms with Crippen LogP contribution in [0.1, 0.15) is 110 Å². The number of benzene rings is 2. The standard InChI is InChI=1S/C48H50N4O5/c1-28-4-8-30(9-5-28)41(55)23-32(53)11-6-29-7-17-42-43(22-29)57-47-38(48(20-21-56-42)18-2-3-19-48)15-16-40(54)34-13-14-35-44-31(24-51-46(35)49)10-12-33(45(34)44)36-25-50-39-27-52(47)26-37(36)39/h4,7-8,10,12-14,17,22,25,27-28,30-31,33,38,40-41,46-47,51,54-55H,2-3,5-6,9,11,18-19,23-24,26,49H2,1H3/p+1. The smallest absolute Gasteiger partial charge is 0.252 e. The SMILES string of the molecule is CC1C=CC(C(O)CC(=O)CCc2ccc3c(c2)OC2C(C#CC(O)c4ccc5c6c4C(C=CC6CNC5N)C4=C5C[NH+]2C=C5N=C4)C2(C#CO3)CCCC2)CC1. The van der Waals surface area contributed by atoms with Gasteiger partial charge in [-0.25, -0.2) is 0 Å². The number of aliphatic imine (C=N–C) groups is 1. The van der Waals surface area contributed by atoms with Crippen LogP contribution >= 0.6 is 0 Å². The Balaban J connectivity index is 1.01. The largest absolute Gasteiger partial charge is 0.437 e. The van der Waals surface area contributed by atoms with Crippen LogP contribution in [0, 0.1) is 47.0 Å². The molecule has 9 nitrogen and oxygen atoms in total. The minimum absolute atomic E-state index is 0.0339. The Morgan fingerprint density at radius 3 is 2.77 bits per heavy atom. The van der Waals surface area contributed by atoms with Crippen molar-refractivity contribution in [2.75, 3.05) is 13.1 Å². The number of carbonyl (C=O) groups is 1. The van der Waals surface area contributed by atoms with E-state index in [1.807, 2.05) is 30.5 Å². The summed E-state index contributed by atoms with van der Waals surface area (Å²) in [4.78, 5) is 19.2. The molecule has 292 valence electrons. The maximum atomic E-state index is 13.1.